The Morgan fingerprint density at radius 1 is 1.26 bits per heavy atom. The van der Waals surface area contributed by atoms with Crippen molar-refractivity contribution in [2.24, 2.45) is 0 Å². The van der Waals surface area contributed by atoms with E-state index in [9.17, 15) is 17.2 Å². The Hall–Kier alpha value is -0.570. The van der Waals surface area contributed by atoms with E-state index in [2.05, 4.69) is 26.0 Å². The second-order valence-corrected chi connectivity index (χ2v) is 6.71. The number of rotatable bonds is 7. The third kappa shape index (κ3) is 5.94. The SMILES string of the molecule is CS(=O)(=O)NCCCNCc1c(F)ccc(Br)c1F. The highest BCUT2D eigenvalue weighted by Gasteiger charge is 2.11. The first-order valence-corrected chi connectivity index (χ1v) is 8.27. The highest BCUT2D eigenvalue weighted by Crippen LogP contribution is 2.21. The zero-order valence-corrected chi connectivity index (χ0v) is 12.7. The summed E-state index contributed by atoms with van der Waals surface area (Å²) in [7, 11) is -3.19. The van der Waals surface area contributed by atoms with Gasteiger partial charge >= 0.3 is 0 Å². The lowest BCUT2D eigenvalue weighted by atomic mass is 10.2. The molecule has 8 heteroatoms. The van der Waals surface area contributed by atoms with E-state index in [4.69, 9.17) is 0 Å². The highest BCUT2D eigenvalue weighted by atomic mass is 79.9. The number of sulfonamides is 1. The van der Waals surface area contributed by atoms with Gasteiger partial charge in [0.25, 0.3) is 0 Å². The normalized spacial score (nSPS) is 11.8. The Balaban J connectivity index is 2.36. The standard InChI is InChI=1S/C11H15BrF2N2O2S/c1-19(17,18)16-6-2-5-15-7-8-10(13)4-3-9(12)11(8)14/h3-4,15-16H,2,5-7H2,1H3. The van der Waals surface area contributed by atoms with Crippen molar-refractivity contribution < 1.29 is 17.2 Å². The van der Waals surface area contributed by atoms with Crippen LogP contribution in [0.25, 0.3) is 0 Å². The molecule has 0 aliphatic carbocycles. The zero-order chi connectivity index (χ0) is 14.5. The second kappa shape index (κ2) is 7.28. The lowest BCUT2D eigenvalue weighted by Crippen LogP contribution is -2.26. The Morgan fingerprint density at radius 2 is 1.95 bits per heavy atom. The van der Waals surface area contributed by atoms with E-state index in [0.29, 0.717) is 13.0 Å². The number of halogens is 3. The molecule has 1 aromatic carbocycles. The smallest absolute Gasteiger partial charge is 0.208 e. The molecule has 0 aromatic heterocycles. The van der Waals surface area contributed by atoms with E-state index in [1.54, 1.807) is 0 Å². The molecule has 0 aliphatic rings. The van der Waals surface area contributed by atoms with Crippen LogP contribution in [-0.2, 0) is 16.6 Å². The molecule has 0 unspecified atom stereocenters. The lowest BCUT2D eigenvalue weighted by molar-refractivity contribution is 0.528. The van der Waals surface area contributed by atoms with Crippen LogP contribution in [0.15, 0.2) is 16.6 Å². The van der Waals surface area contributed by atoms with E-state index in [-0.39, 0.29) is 23.1 Å². The Morgan fingerprint density at radius 3 is 2.58 bits per heavy atom. The van der Waals surface area contributed by atoms with Gasteiger partial charge in [0.2, 0.25) is 10.0 Å². The molecule has 0 amide bonds. The molecule has 1 rings (SSSR count). The molecule has 0 heterocycles. The molecule has 2 N–H and O–H groups in total. The summed E-state index contributed by atoms with van der Waals surface area (Å²) in [6.45, 7) is 0.791. The van der Waals surface area contributed by atoms with Gasteiger partial charge in [-0.15, -0.1) is 0 Å². The Labute approximate surface area is 119 Å². The van der Waals surface area contributed by atoms with Gasteiger partial charge in [-0.05, 0) is 41.0 Å². The first-order chi connectivity index (χ1) is 8.81. The van der Waals surface area contributed by atoms with Gasteiger partial charge in [-0.3, -0.25) is 0 Å². The summed E-state index contributed by atoms with van der Waals surface area (Å²) in [4.78, 5) is 0. The molecule has 0 bridgehead atoms. The second-order valence-electron chi connectivity index (χ2n) is 4.02. The third-order valence-electron chi connectivity index (χ3n) is 2.34. The van der Waals surface area contributed by atoms with Crippen molar-refractivity contribution in [2.45, 2.75) is 13.0 Å². The maximum Gasteiger partial charge on any atom is 0.208 e. The molecule has 19 heavy (non-hydrogen) atoms. The van der Waals surface area contributed by atoms with Crippen LogP contribution < -0.4 is 10.0 Å². The fourth-order valence-electron chi connectivity index (χ4n) is 1.42. The lowest BCUT2D eigenvalue weighted by Gasteiger charge is -2.08. The summed E-state index contributed by atoms with van der Waals surface area (Å²) >= 11 is 2.99. The van der Waals surface area contributed by atoms with E-state index >= 15 is 0 Å². The maximum atomic E-state index is 13.6. The number of benzene rings is 1. The number of hydrogen-bond donors (Lipinski definition) is 2. The molecule has 4 nitrogen and oxygen atoms in total. The fraction of sp³-hybridized carbons (Fsp3) is 0.455. The molecular weight excluding hydrogens is 342 g/mol. The van der Waals surface area contributed by atoms with E-state index < -0.39 is 21.7 Å². The highest BCUT2D eigenvalue weighted by molar-refractivity contribution is 9.10. The van der Waals surface area contributed by atoms with Crippen molar-refractivity contribution in [2.75, 3.05) is 19.3 Å². The minimum atomic E-state index is -3.19. The summed E-state index contributed by atoms with van der Waals surface area (Å²) in [6, 6.07) is 2.50. The molecular formula is C11H15BrF2N2O2S. The quantitative estimate of drug-likeness (QED) is 0.578. The van der Waals surface area contributed by atoms with Gasteiger partial charge in [0.05, 0.1) is 10.7 Å². The topological polar surface area (TPSA) is 58.2 Å². The van der Waals surface area contributed by atoms with Crippen LogP contribution in [0.1, 0.15) is 12.0 Å². The predicted octanol–water partition coefficient (Wildman–Crippen LogP) is 1.76. The number of hydrogen-bond acceptors (Lipinski definition) is 3. The monoisotopic (exact) mass is 356 g/mol. The molecule has 0 aliphatic heterocycles. The minimum Gasteiger partial charge on any atom is -0.312 e. The van der Waals surface area contributed by atoms with Crippen LogP contribution in [0.5, 0.6) is 0 Å². The van der Waals surface area contributed by atoms with Gasteiger partial charge in [0, 0.05) is 18.7 Å². The predicted molar refractivity (Wildman–Crippen MR) is 73.2 cm³/mol. The van der Waals surface area contributed by atoms with Gasteiger partial charge in [-0.1, -0.05) is 0 Å². The summed E-state index contributed by atoms with van der Waals surface area (Å²) < 4.78 is 51.0. The van der Waals surface area contributed by atoms with Crippen molar-refractivity contribution in [3.8, 4) is 0 Å². The summed E-state index contributed by atoms with van der Waals surface area (Å²) in [5.41, 5.74) is -0.0366. The molecule has 0 saturated carbocycles. The molecule has 108 valence electrons. The van der Waals surface area contributed by atoms with Crippen molar-refractivity contribution >= 4 is 26.0 Å². The molecule has 0 saturated heterocycles. The Kier molecular flexibility index (Phi) is 6.31. The molecule has 1 aromatic rings. The van der Waals surface area contributed by atoms with Crippen LogP contribution in [-0.4, -0.2) is 27.8 Å². The first-order valence-electron chi connectivity index (χ1n) is 5.59. The Bertz CT molecular complexity index is 538. The van der Waals surface area contributed by atoms with E-state index in [0.717, 1.165) is 6.26 Å². The maximum absolute atomic E-state index is 13.6. The molecule has 0 atom stereocenters. The van der Waals surface area contributed by atoms with E-state index in [1.165, 1.54) is 12.1 Å². The first kappa shape index (κ1) is 16.5. The summed E-state index contributed by atoms with van der Waals surface area (Å²) in [6.07, 6.45) is 1.61. The number of nitrogens with one attached hydrogen (secondary N) is 2. The summed E-state index contributed by atoms with van der Waals surface area (Å²) in [5, 5.41) is 2.86. The van der Waals surface area contributed by atoms with Crippen molar-refractivity contribution in [1.29, 1.82) is 0 Å². The average Bonchev–Trinajstić information content (AvgIpc) is 2.31. The average molecular weight is 357 g/mol. The summed E-state index contributed by atoms with van der Waals surface area (Å²) in [5.74, 6) is -1.23. The van der Waals surface area contributed by atoms with Crippen LogP contribution >= 0.6 is 15.9 Å². The van der Waals surface area contributed by atoms with Crippen molar-refractivity contribution in [3.63, 3.8) is 0 Å². The van der Waals surface area contributed by atoms with Gasteiger partial charge in [-0.2, -0.15) is 0 Å². The molecule has 0 radical (unpaired) electrons. The van der Waals surface area contributed by atoms with Crippen LogP contribution in [0, 0.1) is 11.6 Å². The van der Waals surface area contributed by atoms with Crippen LogP contribution in [0.3, 0.4) is 0 Å². The van der Waals surface area contributed by atoms with Gasteiger partial charge in [0.1, 0.15) is 11.6 Å². The zero-order valence-electron chi connectivity index (χ0n) is 10.3. The molecule has 0 spiro atoms. The minimum absolute atomic E-state index is 0.0366. The fourth-order valence-corrected chi connectivity index (χ4v) is 2.30. The van der Waals surface area contributed by atoms with Gasteiger partial charge < -0.3 is 5.32 Å². The van der Waals surface area contributed by atoms with E-state index in [1.807, 2.05) is 0 Å². The third-order valence-corrected chi connectivity index (χ3v) is 3.68. The molecule has 0 fully saturated rings. The van der Waals surface area contributed by atoms with Gasteiger partial charge in [0.15, 0.2) is 0 Å². The van der Waals surface area contributed by atoms with Crippen molar-refractivity contribution in [3.05, 3.63) is 33.8 Å². The largest absolute Gasteiger partial charge is 0.312 e. The van der Waals surface area contributed by atoms with Crippen LogP contribution in [0.4, 0.5) is 8.78 Å². The van der Waals surface area contributed by atoms with Gasteiger partial charge in [-0.25, -0.2) is 21.9 Å². The van der Waals surface area contributed by atoms with Crippen molar-refractivity contribution in [1.82, 2.24) is 10.0 Å². The van der Waals surface area contributed by atoms with Crippen LogP contribution in [0.2, 0.25) is 0 Å².